The van der Waals surface area contributed by atoms with Crippen LogP contribution in [-0.2, 0) is 11.2 Å². The van der Waals surface area contributed by atoms with Crippen LogP contribution in [0.3, 0.4) is 0 Å². The molecule has 2 rings (SSSR count). The van der Waals surface area contributed by atoms with E-state index in [-0.39, 0.29) is 18.2 Å². The van der Waals surface area contributed by atoms with E-state index in [9.17, 15) is 5.11 Å². The number of rotatable bonds is 4. The Morgan fingerprint density at radius 3 is 3.12 bits per heavy atom. The first-order chi connectivity index (χ1) is 7.69. The summed E-state index contributed by atoms with van der Waals surface area (Å²) in [5, 5.41) is 16.4. The minimum absolute atomic E-state index is 0.0194. The fourth-order valence-electron chi connectivity index (χ4n) is 1.74. The Labute approximate surface area is 94.0 Å². The summed E-state index contributed by atoms with van der Waals surface area (Å²) in [7, 11) is 1.65. The molecule has 3 atom stereocenters. The maximum Gasteiger partial charge on any atom is 0.243 e. The Morgan fingerprint density at radius 1 is 1.69 bits per heavy atom. The molecule has 0 aromatic carbocycles. The molecule has 2 unspecified atom stereocenters. The van der Waals surface area contributed by atoms with Gasteiger partial charge in [0.05, 0.1) is 18.2 Å². The van der Waals surface area contributed by atoms with Crippen molar-refractivity contribution in [3.63, 3.8) is 0 Å². The first-order valence-electron chi connectivity index (χ1n) is 5.45. The second-order valence-corrected chi connectivity index (χ2v) is 4.15. The van der Waals surface area contributed by atoms with E-state index in [0.29, 0.717) is 31.1 Å². The first-order valence-corrected chi connectivity index (χ1v) is 5.45. The van der Waals surface area contributed by atoms with Crippen molar-refractivity contribution in [1.29, 1.82) is 0 Å². The minimum Gasteiger partial charge on any atom is -0.392 e. The molecule has 1 saturated heterocycles. The molecule has 0 saturated carbocycles. The van der Waals surface area contributed by atoms with Crippen LogP contribution in [0, 0.1) is 0 Å². The normalized spacial score (nSPS) is 27.2. The third-order valence-electron chi connectivity index (χ3n) is 2.76. The highest BCUT2D eigenvalue weighted by atomic mass is 16.5. The number of hydrogen-bond donors (Lipinski definition) is 2. The molecule has 2 heterocycles. The van der Waals surface area contributed by atoms with E-state index in [0.717, 1.165) is 0 Å². The number of aliphatic hydroxyl groups is 1. The molecule has 2 N–H and O–H groups in total. The Bertz CT molecular complexity index is 342. The van der Waals surface area contributed by atoms with Crippen LogP contribution in [0.2, 0.25) is 0 Å². The van der Waals surface area contributed by atoms with E-state index in [1.165, 1.54) is 0 Å². The monoisotopic (exact) mass is 227 g/mol. The van der Waals surface area contributed by atoms with E-state index >= 15 is 0 Å². The SMILES string of the molecule is COC(C)Cc1noc([C@@H]2CC(O)CN2)n1. The van der Waals surface area contributed by atoms with Gasteiger partial charge in [0, 0.05) is 20.1 Å². The van der Waals surface area contributed by atoms with Gasteiger partial charge in [-0.05, 0) is 13.3 Å². The van der Waals surface area contributed by atoms with Crippen molar-refractivity contribution in [3.05, 3.63) is 11.7 Å². The summed E-state index contributed by atoms with van der Waals surface area (Å²) in [4.78, 5) is 4.28. The lowest BCUT2D eigenvalue weighted by atomic mass is 10.2. The molecule has 0 amide bonds. The third kappa shape index (κ3) is 2.58. The van der Waals surface area contributed by atoms with Crippen molar-refractivity contribution in [3.8, 4) is 0 Å². The highest BCUT2D eigenvalue weighted by molar-refractivity contribution is 4.98. The van der Waals surface area contributed by atoms with Gasteiger partial charge in [0.1, 0.15) is 0 Å². The number of β-amino-alcohol motifs (C(OH)–C–C–N with tert-alkyl or cyclic N) is 1. The minimum atomic E-state index is -0.321. The summed E-state index contributed by atoms with van der Waals surface area (Å²) >= 11 is 0. The Kier molecular flexibility index (Phi) is 3.52. The number of nitrogens with one attached hydrogen (secondary N) is 1. The van der Waals surface area contributed by atoms with Gasteiger partial charge in [0.15, 0.2) is 5.82 Å². The lowest BCUT2D eigenvalue weighted by Gasteiger charge is -2.04. The second kappa shape index (κ2) is 4.90. The summed E-state index contributed by atoms with van der Waals surface area (Å²) in [5.74, 6) is 1.20. The van der Waals surface area contributed by atoms with Crippen molar-refractivity contribution in [1.82, 2.24) is 15.5 Å². The highest BCUT2D eigenvalue weighted by Gasteiger charge is 2.28. The van der Waals surface area contributed by atoms with E-state index in [4.69, 9.17) is 9.26 Å². The summed E-state index contributed by atoms with van der Waals surface area (Å²) in [6, 6.07) is -0.0194. The molecule has 1 aliphatic heterocycles. The van der Waals surface area contributed by atoms with Gasteiger partial charge in [-0.2, -0.15) is 4.98 Å². The van der Waals surface area contributed by atoms with E-state index in [1.54, 1.807) is 7.11 Å². The van der Waals surface area contributed by atoms with Crippen molar-refractivity contribution < 1.29 is 14.4 Å². The van der Waals surface area contributed by atoms with Crippen LogP contribution in [0.15, 0.2) is 4.52 Å². The molecule has 1 aromatic rings. The molecule has 6 heteroatoms. The Balaban J connectivity index is 1.97. The van der Waals surface area contributed by atoms with Gasteiger partial charge in [0.2, 0.25) is 5.89 Å². The zero-order valence-electron chi connectivity index (χ0n) is 9.51. The molecule has 0 aliphatic carbocycles. The maximum absolute atomic E-state index is 9.38. The number of nitrogens with zero attached hydrogens (tertiary/aromatic N) is 2. The molecule has 1 aliphatic rings. The standard InChI is InChI=1S/C10H17N3O3/c1-6(15-2)3-9-12-10(16-13-9)8-4-7(14)5-11-8/h6-8,11,14H,3-5H2,1-2H3/t6?,7?,8-/m0/s1. The number of aliphatic hydroxyl groups excluding tert-OH is 1. The average Bonchev–Trinajstić information content (AvgIpc) is 2.87. The molecule has 1 fully saturated rings. The van der Waals surface area contributed by atoms with Crippen LogP contribution in [0.25, 0.3) is 0 Å². The van der Waals surface area contributed by atoms with Crippen LogP contribution in [0.1, 0.15) is 31.1 Å². The topological polar surface area (TPSA) is 80.4 Å². The van der Waals surface area contributed by atoms with Crippen molar-refractivity contribution in [2.45, 2.75) is 38.0 Å². The van der Waals surface area contributed by atoms with Crippen molar-refractivity contribution in [2.24, 2.45) is 0 Å². The van der Waals surface area contributed by atoms with E-state index in [1.807, 2.05) is 6.92 Å². The van der Waals surface area contributed by atoms with Crippen molar-refractivity contribution >= 4 is 0 Å². The summed E-state index contributed by atoms with van der Waals surface area (Å²) in [5.41, 5.74) is 0. The van der Waals surface area contributed by atoms with Crippen molar-refractivity contribution in [2.75, 3.05) is 13.7 Å². The molecule has 90 valence electrons. The Hall–Kier alpha value is -0.980. The summed E-state index contributed by atoms with van der Waals surface area (Å²) in [6.45, 7) is 2.53. The molecule has 0 bridgehead atoms. The number of aromatic nitrogens is 2. The maximum atomic E-state index is 9.38. The lowest BCUT2D eigenvalue weighted by Crippen LogP contribution is -2.15. The van der Waals surface area contributed by atoms with Crippen LogP contribution in [0.5, 0.6) is 0 Å². The number of methoxy groups -OCH3 is 1. The molecular formula is C10H17N3O3. The molecule has 0 spiro atoms. The highest BCUT2D eigenvalue weighted by Crippen LogP contribution is 2.21. The molecule has 16 heavy (non-hydrogen) atoms. The molecule has 6 nitrogen and oxygen atoms in total. The summed E-state index contributed by atoms with van der Waals surface area (Å²) < 4.78 is 10.3. The molecule has 0 radical (unpaired) electrons. The fourth-order valence-corrected chi connectivity index (χ4v) is 1.74. The second-order valence-electron chi connectivity index (χ2n) is 4.15. The third-order valence-corrected chi connectivity index (χ3v) is 2.76. The zero-order chi connectivity index (χ0) is 11.5. The zero-order valence-corrected chi connectivity index (χ0v) is 9.51. The number of ether oxygens (including phenoxy) is 1. The fraction of sp³-hybridized carbons (Fsp3) is 0.800. The van der Waals surface area contributed by atoms with Crippen LogP contribution in [0.4, 0.5) is 0 Å². The quantitative estimate of drug-likeness (QED) is 0.756. The lowest BCUT2D eigenvalue weighted by molar-refractivity contribution is 0.116. The van der Waals surface area contributed by atoms with Crippen LogP contribution < -0.4 is 5.32 Å². The van der Waals surface area contributed by atoms with Gasteiger partial charge in [-0.25, -0.2) is 0 Å². The average molecular weight is 227 g/mol. The number of hydrogen-bond acceptors (Lipinski definition) is 6. The van der Waals surface area contributed by atoms with Gasteiger partial charge in [-0.1, -0.05) is 5.16 Å². The van der Waals surface area contributed by atoms with Crippen LogP contribution >= 0.6 is 0 Å². The predicted octanol–water partition coefficient (Wildman–Crippen LogP) is 0.0423. The first kappa shape index (κ1) is 11.5. The predicted molar refractivity (Wildman–Crippen MR) is 55.8 cm³/mol. The summed E-state index contributed by atoms with van der Waals surface area (Å²) in [6.07, 6.45) is 1.02. The van der Waals surface area contributed by atoms with Gasteiger partial charge in [0.25, 0.3) is 0 Å². The van der Waals surface area contributed by atoms with Gasteiger partial charge in [-0.3, -0.25) is 0 Å². The Morgan fingerprint density at radius 2 is 2.50 bits per heavy atom. The molecule has 1 aromatic heterocycles. The van der Waals surface area contributed by atoms with Gasteiger partial charge in [-0.15, -0.1) is 0 Å². The molecular weight excluding hydrogens is 210 g/mol. The van der Waals surface area contributed by atoms with Gasteiger partial charge >= 0.3 is 0 Å². The van der Waals surface area contributed by atoms with E-state index < -0.39 is 0 Å². The smallest absolute Gasteiger partial charge is 0.243 e. The largest absolute Gasteiger partial charge is 0.392 e. The van der Waals surface area contributed by atoms with Gasteiger partial charge < -0.3 is 19.7 Å². The van der Waals surface area contributed by atoms with E-state index in [2.05, 4.69) is 15.5 Å². The van der Waals surface area contributed by atoms with Crippen LogP contribution in [-0.4, -0.2) is 41.1 Å².